The molecule has 0 heterocycles. The average molecular weight is 518 g/mol. The zero-order valence-corrected chi connectivity index (χ0v) is 19.6. The van der Waals surface area contributed by atoms with Crippen LogP contribution in [-0.2, 0) is 24.3 Å². The topological polar surface area (TPSA) is 102 Å². The fraction of sp³-hybridized carbons (Fsp3) is 0.300. The smallest absolute Gasteiger partial charge is 0.321 e. The maximum atomic E-state index is 12.2. The molecular weight excluding hydrogens is 496 g/mol. The highest BCUT2D eigenvalue weighted by Gasteiger charge is 2.20. The van der Waals surface area contributed by atoms with E-state index in [4.69, 9.17) is 16.3 Å². The Morgan fingerprint density at radius 1 is 1.17 bits per heavy atom. The third-order valence-corrected chi connectivity index (χ3v) is 6.71. The second kappa shape index (κ2) is 10.9. The molecule has 0 radical (unpaired) electrons. The summed E-state index contributed by atoms with van der Waals surface area (Å²) in [4.78, 5) is 23.6. The third-order valence-electron chi connectivity index (χ3n) is 4.33. The summed E-state index contributed by atoms with van der Waals surface area (Å²) in [5, 5.41) is 2.62. The van der Waals surface area contributed by atoms with Crippen LogP contribution in [0.2, 0.25) is 5.02 Å². The summed E-state index contributed by atoms with van der Waals surface area (Å²) in [6.45, 7) is 3.05. The Balaban J connectivity index is 1.82. The van der Waals surface area contributed by atoms with Crippen LogP contribution < -0.4 is 10.0 Å². The van der Waals surface area contributed by atoms with Gasteiger partial charge in [0.1, 0.15) is 11.4 Å². The van der Waals surface area contributed by atoms with Gasteiger partial charge in [0.2, 0.25) is 10.0 Å². The van der Waals surface area contributed by atoms with Crippen molar-refractivity contribution in [3.05, 3.63) is 57.5 Å². The average Bonchev–Trinajstić information content (AvgIpc) is 2.70. The Kier molecular flexibility index (Phi) is 8.84. The third kappa shape index (κ3) is 7.09. The van der Waals surface area contributed by atoms with E-state index in [0.29, 0.717) is 16.1 Å². The van der Waals surface area contributed by atoms with E-state index in [9.17, 15) is 18.0 Å². The molecule has 0 aliphatic carbocycles. The zero-order chi connectivity index (χ0) is 22.3. The molecule has 0 aliphatic heterocycles. The molecular formula is C20H22BrClN2O5S. The van der Waals surface area contributed by atoms with E-state index in [1.165, 1.54) is 23.8 Å². The standard InChI is InChI=1S/C20H22BrClN2O5S/c1-3-13(2)14-4-7-16(8-5-14)24-19(25)12-29-20(26)11-23-30(27,28)18-9-6-15(21)10-17(18)22/h4-10,13,23H,3,11-12H2,1-2H3,(H,24,25). The summed E-state index contributed by atoms with van der Waals surface area (Å²) in [5.41, 5.74) is 1.74. The number of rotatable bonds is 9. The summed E-state index contributed by atoms with van der Waals surface area (Å²) in [6.07, 6.45) is 1.01. The van der Waals surface area contributed by atoms with Gasteiger partial charge in [-0.3, -0.25) is 9.59 Å². The molecule has 1 atom stereocenters. The number of benzene rings is 2. The molecule has 2 rings (SSSR count). The first-order valence-electron chi connectivity index (χ1n) is 9.12. The van der Waals surface area contributed by atoms with Crippen molar-refractivity contribution in [1.82, 2.24) is 4.72 Å². The number of anilines is 1. The first-order valence-corrected chi connectivity index (χ1v) is 11.8. The second-order valence-corrected chi connectivity index (χ2v) is 9.60. The molecule has 0 aromatic heterocycles. The molecule has 0 fully saturated rings. The predicted molar refractivity (Wildman–Crippen MR) is 119 cm³/mol. The quantitative estimate of drug-likeness (QED) is 0.488. The number of hydrogen-bond acceptors (Lipinski definition) is 5. The summed E-state index contributed by atoms with van der Waals surface area (Å²) >= 11 is 9.11. The van der Waals surface area contributed by atoms with Gasteiger partial charge in [0.05, 0.1) is 5.02 Å². The van der Waals surface area contributed by atoms with Crippen molar-refractivity contribution in [1.29, 1.82) is 0 Å². The van der Waals surface area contributed by atoms with Crippen molar-refractivity contribution in [2.24, 2.45) is 0 Å². The Morgan fingerprint density at radius 3 is 2.43 bits per heavy atom. The van der Waals surface area contributed by atoms with Crippen molar-refractivity contribution in [2.75, 3.05) is 18.5 Å². The van der Waals surface area contributed by atoms with Crippen molar-refractivity contribution in [3.8, 4) is 0 Å². The second-order valence-electron chi connectivity index (χ2n) is 6.54. The van der Waals surface area contributed by atoms with Gasteiger partial charge in [-0.15, -0.1) is 0 Å². The number of sulfonamides is 1. The van der Waals surface area contributed by atoms with Crippen LogP contribution in [0.15, 0.2) is 51.8 Å². The Labute approximate surface area is 189 Å². The maximum absolute atomic E-state index is 12.2. The van der Waals surface area contributed by atoms with Gasteiger partial charge in [0.15, 0.2) is 6.61 Å². The van der Waals surface area contributed by atoms with Gasteiger partial charge < -0.3 is 10.1 Å². The molecule has 0 saturated carbocycles. The van der Waals surface area contributed by atoms with Crippen molar-refractivity contribution >= 4 is 55.1 Å². The lowest BCUT2D eigenvalue weighted by Gasteiger charge is -2.11. The molecule has 30 heavy (non-hydrogen) atoms. The molecule has 2 aromatic rings. The molecule has 0 aliphatic rings. The van der Waals surface area contributed by atoms with Gasteiger partial charge in [-0.05, 0) is 48.2 Å². The number of hydrogen-bond donors (Lipinski definition) is 2. The summed E-state index contributed by atoms with van der Waals surface area (Å²) in [6, 6.07) is 11.6. The lowest BCUT2D eigenvalue weighted by Crippen LogP contribution is -2.32. The molecule has 1 unspecified atom stereocenters. The normalized spacial score (nSPS) is 12.3. The van der Waals surface area contributed by atoms with Crippen molar-refractivity contribution < 1.29 is 22.7 Å². The highest BCUT2D eigenvalue weighted by Crippen LogP contribution is 2.25. The van der Waals surface area contributed by atoms with Gasteiger partial charge in [0.25, 0.3) is 5.91 Å². The molecule has 0 spiro atoms. The summed E-state index contributed by atoms with van der Waals surface area (Å²) in [5.74, 6) is -1.00. The lowest BCUT2D eigenvalue weighted by atomic mass is 9.99. The van der Waals surface area contributed by atoms with Gasteiger partial charge >= 0.3 is 5.97 Å². The number of esters is 1. The van der Waals surface area contributed by atoms with Crippen LogP contribution in [0.5, 0.6) is 0 Å². The van der Waals surface area contributed by atoms with Crippen molar-refractivity contribution in [3.63, 3.8) is 0 Å². The molecule has 10 heteroatoms. The van der Waals surface area contributed by atoms with Gasteiger partial charge in [-0.2, -0.15) is 4.72 Å². The minimum absolute atomic E-state index is 0.00368. The van der Waals surface area contributed by atoms with Gasteiger partial charge in [-0.1, -0.05) is 53.5 Å². The van der Waals surface area contributed by atoms with Crippen LogP contribution in [0.1, 0.15) is 31.7 Å². The molecule has 162 valence electrons. The van der Waals surface area contributed by atoms with E-state index in [0.717, 1.165) is 6.42 Å². The van der Waals surface area contributed by atoms with Crippen LogP contribution in [0, 0.1) is 0 Å². The molecule has 1 amide bonds. The summed E-state index contributed by atoms with van der Waals surface area (Å²) in [7, 11) is -4.01. The van der Waals surface area contributed by atoms with Gasteiger partial charge in [0, 0.05) is 10.2 Å². The van der Waals surface area contributed by atoms with E-state index >= 15 is 0 Å². The molecule has 7 nitrogen and oxygen atoms in total. The fourth-order valence-corrected chi connectivity index (χ4v) is 4.45. The summed E-state index contributed by atoms with van der Waals surface area (Å²) < 4.78 is 32.0. The predicted octanol–water partition coefficient (Wildman–Crippen LogP) is 4.08. The monoisotopic (exact) mass is 516 g/mol. The Bertz CT molecular complexity index is 1010. The minimum Gasteiger partial charge on any atom is -0.455 e. The molecule has 0 saturated heterocycles. The number of carbonyl (C=O) groups is 2. The maximum Gasteiger partial charge on any atom is 0.321 e. The number of halogens is 2. The number of carbonyl (C=O) groups excluding carboxylic acids is 2. The van der Waals surface area contributed by atoms with Crippen molar-refractivity contribution in [2.45, 2.75) is 31.1 Å². The first kappa shape index (κ1) is 24.3. The van der Waals surface area contributed by atoms with Crippen LogP contribution in [0.3, 0.4) is 0 Å². The van der Waals surface area contributed by atoms with E-state index in [-0.39, 0.29) is 9.92 Å². The highest BCUT2D eigenvalue weighted by molar-refractivity contribution is 9.10. The first-order chi connectivity index (χ1) is 14.1. The zero-order valence-electron chi connectivity index (χ0n) is 16.4. The van der Waals surface area contributed by atoms with Crippen LogP contribution >= 0.6 is 27.5 Å². The van der Waals surface area contributed by atoms with E-state index in [2.05, 4.69) is 39.8 Å². The van der Waals surface area contributed by atoms with E-state index in [1.807, 2.05) is 12.1 Å². The Hall–Kier alpha value is -1.94. The van der Waals surface area contributed by atoms with E-state index in [1.54, 1.807) is 12.1 Å². The highest BCUT2D eigenvalue weighted by atomic mass is 79.9. The number of amides is 1. The molecule has 2 N–H and O–H groups in total. The minimum atomic E-state index is -4.01. The largest absolute Gasteiger partial charge is 0.455 e. The fourth-order valence-electron chi connectivity index (χ4n) is 2.45. The number of ether oxygens (including phenoxy) is 1. The van der Waals surface area contributed by atoms with Crippen LogP contribution in [0.25, 0.3) is 0 Å². The number of nitrogens with one attached hydrogen (secondary N) is 2. The molecule has 0 bridgehead atoms. The van der Waals surface area contributed by atoms with Gasteiger partial charge in [-0.25, -0.2) is 8.42 Å². The van der Waals surface area contributed by atoms with E-state index < -0.39 is 35.1 Å². The molecule has 2 aromatic carbocycles. The van der Waals surface area contributed by atoms with Crippen LogP contribution in [-0.4, -0.2) is 33.4 Å². The van der Waals surface area contributed by atoms with Crippen LogP contribution in [0.4, 0.5) is 5.69 Å². The SMILES string of the molecule is CCC(C)c1ccc(NC(=O)COC(=O)CNS(=O)(=O)c2ccc(Br)cc2Cl)cc1. The lowest BCUT2D eigenvalue weighted by molar-refractivity contribution is -0.146. The Morgan fingerprint density at radius 2 is 1.83 bits per heavy atom.